The highest BCUT2D eigenvalue weighted by Gasteiger charge is 2.40. The number of likely N-dealkylation sites (tertiary alicyclic amines) is 1. The predicted octanol–water partition coefficient (Wildman–Crippen LogP) is 3.73. The number of fused-ring (bicyclic) bond motifs is 1. The molecule has 1 N–H and O–H groups in total. The number of aryl methyl sites for hydroxylation is 1. The molecule has 3 amide bonds. The molecule has 5 rings (SSSR count). The summed E-state index contributed by atoms with van der Waals surface area (Å²) < 4.78 is 11.0. The maximum atomic E-state index is 13.1. The number of nitriles is 1. The van der Waals surface area contributed by atoms with Crippen LogP contribution in [0.1, 0.15) is 72.0 Å². The largest absolute Gasteiger partial charge is 0.497 e. The van der Waals surface area contributed by atoms with E-state index in [1.54, 1.807) is 19.1 Å². The third-order valence-corrected chi connectivity index (χ3v) is 8.95. The average molecular weight is 559 g/mol. The molecule has 0 bridgehead atoms. The second kappa shape index (κ2) is 12.3. The van der Waals surface area contributed by atoms with Gasteiger partial charge in [0.05, 0.1) is 25.7 Å². The van der Waals surface area contributed by atoms with Gasteiger partial charge in [-0.2, -0.15) is 5.26 Å². The first-order chi connectivity index (χ1) is 19.9. The summed E-state index contributed by atoms with van der Waals surface area (Å²) in [5.41, 5.74) is 3.18. The third-order valence-electron chi connectivity index (χ3n) is 8.95. The van der Waals surface area contributed by atoms with Crippen molar-refractivity contribution in [3.8, 4) is 17.6 Å². The molecule has 41 heavy (non-hydrogen) atoms. The predicted molar refractivity (Wildman–Crippen MR) is 153 cm³/mol. The number of piperidine rings is 2. The fourth-order valence-corrected chi connectivity index (χ4v) is 6.50. The van der Waals surface area contributed by atoms with Crippen LogP contribution >= 0.6 is 0 Å². The second-order valence-electron chi connectivity index (χ2n) is 11.3. The molecule has 2 aromatic rings. The van der Waals surface area contributed by atoms with Gasteiger partial charge in [0.1, 0.15) is 17.5 Å². The van der Waals surface area contributed by atoms with Crippen LogP contribution < -0.4 is 14.8 Å². The fraction of sp³-hybridized carbons (Fsp3) is 0.500. The first kappa shape index (κ1) is 28.6. The summed E-state index contributed by atoms with van der Waals surface area (Å²) in [5, 5.41) is 12.6. The number of hydrogen-bond donors (Lipinski definition) is 1. The number of carbonyl (C=O) groups is 3. The minimum Gasteiger partial charge on any atom is -0.497 e. The van der Waals surface area contributed by atoms with Gasteiger partial charge in [-0.15, -0.1) is 0 Å². The first-order valence-electron chi connectivity index (χ1n) is 14.5. The zero-order valence-electron chi connectivity index (χ0n) is 23.9. The van der Waals surface area contributed by atoms with Gasteiger partial charge in [-0.3, -0.25) is 19.7 Å². The Hall–Kier alpha value is -3.90. The molecule has 0 aliphatic carbocycles. The van der Waals surface area contributed by atoms with Gasteiger partial charge < -0.3 is 19.3 Å². The van der Waals surface area contributed by atoms with Crippen LogP contribution in [0.4, 0.5) is 0 Å². The number of imide groups is 1. The van der Waals surface area contributed by atoms with Gasteiger partial charge in [0.15, 0.2) is 0 Å². The Balaban J connectivity index is 1.11. The summed E-state index contributed by atoms with van der Waals surface area (Å²) in [4.78, 5) is 41.1. The van der Waals surface area contributed by atoms with Crippen LogP contribution in [0.25, 0.3) is 0 Å². The molecule has 9 heteroatoms. The van der Waals surface area contributed by atoms with E-state index in [9.17, 15) is 19.6 Å². The zero-order valence-corrected chi connectivity index (χ0v) is 23.9. The monoisotopic (exact) mass is 558 g/mol. The van der Waals surface area contributed by atoms with Gasteiger partial charge in [-0.1, -0.05) is 18.6 Å². The van der Waals surface area contributed by atoms with E-state index in [2.05, 4.69) is 22.4 Å². The van der Waals surface area contributed by atoms with Crippen molar-refractivity contribution in [3.05, 3.63) is 58.7 Å². The smallest absolute Gasteiger partial charge is 0.255 e. The Bertz CT molecular complexity index is 1360. The Labute approximate surface area is 241 Å². The lowest BCUT2D eigenvalue weighted by Gasteiger charge is -2.38. The molecule has 0 saturated carbocycles. The number of carbonyl (C=O) groups excluding carboxylic acids is 3. The Morgan fingerprint density at radius 1 is 1.05 bits per heavy atom. The SMILES string of the molecule is COc1ccc(OC)c(C2(C#N)CCN(CCCCCc3cccc4c3CN(C3CCC(=O)NC3=O)C4=O)CC2)c1. The van der Waals surface area contributed by atoms with Gasteiger partial charge in [0, 0.05) is 24.1 Å². The van der Waals surface area contributed by atoms with Gasteiger partial charge in [0.25, 0.3) is 5.91 Å². The molecule has 9 nitrogen and oxygen atoms in total. The van der Waals surface area contributed by atoms with E-state index in [1.807, 2.05) is 30.3 Å². The molecule has 3 heterocycles. The molecule has 0 radical (unpaired) electrons. The van der Waals surface area contributed by atoms with E-state index in [1.165, 1.54) is 0 Å². The molecule has 1 unspecified atom stereocenters. The number of ether oxygens (including phenoxy) is 2. The van der Waals surface area contributed by atoms with Crippen LogP contribution in [-0.2, 0) is 28.0 Å². The molecule has 2 aromatic carbocycles. The van der Waals surface area contributed by atoms with E-state index in [-0.39, 0.29) is 24.1 Å². The number of unbranched alkanes of at least 4 members (excludes halogenated alkanes) is 2. The Morgan fingerprint density at radius 2 is 1.85 bits per heavy atom. The van der Waals surface area contributed by atoms with Gasteiger partial charge in [-0.25, -0.2) is 0 Å². The van der Waals surface area contributed by atoms with Crippen molar-refractivity contribution < 1.29 is 23.9 Å². The summed E-state index contributed by atoms with van der Waals surface area (Å²) in [6, 6.07) is 13.5. The highest BCUT2D eigenvalue weighted by molar-refractivity contribution is 6.05. The number of hydrogen-bond acceptors (Lipinski definition) is 7. The summed E-state index contributed by atoms with van der Waals surface area (Å²) in [6.07, 6.45) is 6.16. The maximum Gasteiger partial charge on any atom is 0.255 e. The van der Waals surface area contributed by atoms with Crippen molar-refractivity contribution in [2.45, 2.75) is 69.4 Å². The lowest BCUT2D eigenvalue weighted by atomic mass is 9.73. The van der Waals surface area contributed by atoms with E-state index in [0.29, 0.717) is 18.5 Å². The molecule has 2 saturated heterocycles. The normalized spacial score (nSPS) is 20.4. The number of nitrogens with one attached hydrogen (secondary N) is 1. The van der Waals surface area contributed by atoms with Crippen molar-refractivity contribution in [1.29, 1.82) is 5.26 Å². The lowest BCUT2D eigenvalue weighted by Crippen LogP contribution is -2.52. The van der Waals surface area contributed by atoms with Gasteiger partial charge in [0.2, 0.25) is 11.8 Å². The zero-order chi connectivity index (χ0) is 29.0. The van der Waals surface area contributed by atoms with Crippen molar-refractivity contribution in [1.82, 2.24) is 15.1 Å². The molecular formula is C32H38N4O5. The number of amides is 3. The fourth-order valence-electron chi connectivity index (χ4n) is 6.50. The van der Waals surface area contributed by atoms with Crippen LogP contribution in [-0.4, -0.2) is 67.4 Å². The highest BCUT2D eigenvalue weighted by Crippen LogP contribution is 2.41. The molecule has 0 aromatic heterocycles. The first-order valence-corrected chi connectivity index (χ1v) is 14.5. The summed E-state index contributed by atoms with van der Waals surface area (Å²) >= 11 is 0. The van der Waals surface area contributed by atoms with Crippen molar-refractivity contribution in [2.75, 3.05) is 33.9 Å². The molecule has 3 aliphatic rings. The number of rotatable bonds is 10. The number of methoxy groups -OCH3 is 2. The van der Waals surface area contributed by atoms with Crippen molar-refractivity contribution >= 4 is 17.7 Å². The average Bonchev–Trinajstić information content (AvgIpc) is 3.33. The van der Waals surface area contributed by atoms with E-state index < -0.39 is 11.5 Å². The Kier molecular flexibility index (Phi) is 8.60. The molecule has 0 spiro atoms. The summed E-state index contributed by atoms with van der Waals surface area (Å²) in [7, 11) is 3.27. The van der Waals surface area contributed by atoms with Gasteiger partial charge >= 0.3 is 0 Å². The van der Waals surface area contributed by atoms with Crippen molar-refractivity contribution in [3.63, 3.8) is 0 Å². The summed E-state index contributed by atoms with van der Waals surface area (Å²) in [5.74, 6) is 0.685. The van der Waals surface area contributed by atoms with Crippen LogP contribution in [0.3, 0.4) is 0 Å². The molecule has 216 valence electrons. The third kappa shape index (κ3) is 5.80. The van der Waals surface area contributed by atoms with E-state index in [0.717, 1.165) is 86.3 Å². The minimum absolute atomic E-state index is 0.124. The summed E-state index contributed by atoms with van der Waals surface area (Å²) in [6.45, 7) is 3.13. The van der Waals surface area contributed by atoms with Crippen LogP contribution in [0.5, 0.6) is 11.5 Å². The maximum absolute atomic E-state index is 13.1. The quantitative estimate of drug-likeness (QED) is 0.349. The van der Waals surface area contributed by atoms with Crippen LogP contribution in [0.2, 0.25) is 0 Å². The molecule has 2 fully saturated rings. The van der Waals surface area contributed by atoms with Gasteiger partial charge in [-0.05, 0) is 93.6 Å². The molecule has 1 atom stereocenters. The lowest BCUT2D eigenvalue weighted by molar-refractivity contribution is -0.136. The van der Waals surface area contributed by atoms with E-state index in [4.69, 9.17) is 9.47 Å². The minimum atomic E-state index is -0.588. The molecular weight excluding hydrogens is 520 g/mol. The second-order valence-corrected chi connectivity index (χ2v) is 11.3. The standard InChI is InChI=1S/C32H38N4O5/c1-40-23-10-12-28(41-2)26(19-23)32(21-33)14-17-35(18-15-32)16-5-3-4-7-22-8-6-9-24-25(22)20-36(31(24)39)27-11-13-29(37)34-30(27)38/h6,8-10,12,19,27H,3-5,7,11,13-18,20H2,1-2H3,(H,34,37,38). The van der Waals surface area contributed by atoms with Crippen LogP contribution in [0.15, 0.2) is 36.4 Å². The van der Waals surface area contributed by atoms with Crippen LogP contribution in [0, 0.1) is 11.3 Å². The topological polar surface area (TPSA) is 112 Å². The number of benzene rings is 2. The van der Waals surface area contributed by atoms with E-state index >= 15 is 0 Å². The van der Waals surface area contributed by atoms with Crippen molar-refractivity contribution in [2.24, 2.45) is 0 Å². The number of nitrogens with zero attached hydrogens (tertiary/aromatic N) is 3. The highest BCUT2D eigenvalue weighted by atomic mass is 16.5. The Morgan fingerprint density at radius 3 is 2.56 bits per heavy atom. The molecule has 3 aliphatic heterocycles.